The molecule has 0 heterocycles. The lowest BCUT2D eigenvalue weighted by Crippen LogP contribution is -2.04. The van der Waals surface area contributed by atoms with Gasteiger partial charge in [-0.1, -0.05) is 46.3 Å². The maximum absolute atomic E-state index is 11.2. The van der Waals surface area contributed by atoms with E-state index in [0.717, 1.165) is 16.9 Å². The van der Waals surface area contributed by atoms with Crippen molar-refractivity contribution in [1.82, 2.24) is 0 Å². The summed E-state index contributed by atoms with van der Waals surface area (Å²) in [6.07, 6.45) is 0. The molecule has 2 rings (SSSR count). The fourth-order valence-electron chi connectivity index (χ4n) is 1.87. The third-order valence-electron chi connectivity index (χ3n) is 2.87. The summed E-state index contributed by atoms with van der Waals surface area (Å²) in [6.45, 7) is 0. The van der Waals surface area contributed by atoms with Gasteiger partial charge in [0.15, 0.2) is 0 Å². The topological polar surface area (TPSA) is 46.5 Å². The second-order valence-corrected chi connectivity index (χ2v) is 4.94. The highest BCUT2D eigenvalue weighted by molar-refractivity contribution is 9.09. The second-order valence-electron chi connectivity index (χ2n) is 4.03. The Balaban J connectivity index is 2.37. The first-order chi connectivity index (χ1) is 9.13. The van der Waals surface area contributed by atoms with Crippen LogP contribution in [0.1, 0.15) is 26.3 Å². The van der Waals surface area contributed by atoms with Crippen molar-refractivity contribution in [2.75, 3.05) is 7.11 Å². The third kappa shape index (κ3) is 2.96. The summed E-state index contributed by atoms with van der Waals surface area (Å²) >= 11 is 3.56. The molecule has 0 amide bonds. The molecule has 0 radical (unpaired) electrons. The quantitative estimate of drug-likeness (QED) is 0.870. The highest BCUT2D eigenvalue weighted by Gasteiger charge is 2.17. The zero-order chi connectivity index (χ0) is 13.8. The van der Waals surface area contributed by atoms with Crippen LogP contribution in [0.15, 0.2) is 48.5 Å². The van der Waals surface area contributed by atoms with Crippen LogP contribution in [0.2, 0.25) is 0 Å². The summed E-state index contributed by atoms with van der Waals surface area (Å²) in [5.41, 5.74) is 2.02. The van der Waals surface area contributed by atoms with Gasteiger partial charge in [-0.2, -0.15) is 0 Å². The van der Waals surface area contributed by atoms with E-state index in [-0.39, 0.29) is 4.83 Å². The average Bonchev–Trinajstić information content (AvgIpc) is 2.46. The Bertz CT molecular complexity index is 578. The minimum Gasteiger partial charge on any atom is -0.497 e. The van der Waals surface area contributed by atoms with Crippen LogP contribution in [0.3, 0.4) is 0 Å². The van der Waals surface area contributed by atoms with Crippen molar-refractivity contribution in [2.24, 2.45) is 0 Å². The fourth-order valence-corrected chi connectivity index (χ4v) is 2.57. The smallest absolute Gasteiger partial charge is 0.336 e. The first-order valence-corrected chi connectivity index (χ1v) is 6.65. The first-order valence-electron chi connectivity index (χ1n) is 5.73. The Labute approximate surface area is 120 Å². The van der Waals surface area contributed by atoms with Gasteiger partial charge in [0.25, 0.3) is 0 Å². The number of hydrogen-bond acceptors (Lipinski definition) is 2. The SMILES string of the molecule is COc1ccc([C@@H](Br)c2ccccc2C(=O)O)cc1. The molecule has 0 saturated carbocycles. The van der Waals surface area contributed by atoms with E-state index in [9.17, 15) is 9.90 Å². The number of ether oxygens (including phenoxy) is 1. The zero-order valence-electron chi connectivity index (χ0n) is 10.3. The monoisotopic (exact) mass is 320 g/mol. The van der Waals surface area contributed by atoms with Crippen molar-refractivity contribution in [2.45, 2.75) is 4.83 Å². The molecule has 2 aromatic carbocycles. The summed E-state index contributed by atoms with van der Waals surface area (Å²) in [5, 5.41) is 9.20. The van der Waals surface area contributed by atoms with E-state index in [4.69, 9.17) is 4.74 Å². The molecule has 0 unspecified atom stereocenters. The van der Waals surface area contributed by atoms with Crippen LogP contribution in [-0.2, 0) is 0 Å². The van der Waals surface area contributed by atoms with E-state index in [0.29, 0.717) is 5.56 Å². The molecule has 3 nitrogen and oxygen atoms in total. The summed E-state index contributed by atoms with van der Waals surface area (Å²) in [6, 6.07) is 14.5. The van der Waals surface area contributed by atoms with E-state index in [1.807, 2.05) is 36.4 Å². The van der Waals surface area contributed by atoms with Crippen molar-refractivity contribution < 1.29 is 14.6 Å². The van der Waals surface area contributed by atoms with E-state index in [1.165, 1.54) is 0 Å². The van der Waals surface area contributed by atoms with Crippen LogP contribution in [0.5, 0.6) is 5.75 Å². The number of aromatic carboxylic acids is 1. The van der Waals surface area contributed by atoms with Crippen LogP contribution in [0.4, 0.5) is 0 Å². The maximum atomic E-state index is 11.2. The minimum atomic E-state index is -0.923. The van der Waals surface area contributed by atoms with Crippen molar-refractivity contribution in [3.63, 3.8) is 0 Å². The van der Waals surface area contributed by atoms with Crippen molar-refractivity contribution in [3.05, 3.63) is 65.2 Å². The molecule has 4 heteroatoms. The van der Waals surface area contributed by atoms with Gasteiger partial charge < -0.3 is 9.84 Å². The largest absolute Gasteiger partial charge is 0.497 e. The summed E-state index contributed by atoms with van der Waals surface area (Å²) < 4.78 is 5.11. The van der Waals surface area contributed by atoms with Crippen molar-refractivity contribution in [3.8, 4) is 5.75 Å². The molecular formula is C15H13BrO3. The molecule has 0 aliphatic rings. The number of alkyl halides is 1. The number of hydrogen-bond donors (Lipinski definition) is 1. The molecule has 2 aromatic rings. The maximum Gasteiger partial charge on any atom is 0.336 e. The van der Waals surface area contributed by atoms with E-state index >= 15 is 0 Å². The Morgan fingerprint density at radius 2 is 1.79 bits per heavy atom. The van der Waals surface area contributed by atoms with Gasteiger partial charge in [-0.05, 0) is 29.3 Å². The van der Waals surface area contributed by atoms with Gasteiger partial charge in [-0.3, -0.25) is 0 Å². The Morgan fingerprint density at radius 3 is 2.37 bits per heavy atom. The summed E-state index contributed by atoms with van der Waals surface area (Å²) in [5.74, 6) is -0.150. The number of carboxylic acid groups (broad SMARTS) is 1. The van der Waals surface area contributed by atoms with Gasteiger partial charge in [0.1, 0.15) is 5.75 Å². The van der Waals surface area contributed by atoms with Gasteiger partial charge >= 0.3 is 5.97 Å². The van der Waals surface area contributed by atoms with Gasteiger partial charge in [0, 0.05) is 0 Å². The standard InChI is InChI=1S/C15H13BrO3/c1-19-11-8-6-10(7-9-11)14(16)12-4-2-3-5-13(12)15(17)18/h2-9,14H,1H3,(H,17,18)/t14-/m1/s1. The van der Waals surface area contributed by atoms with Crippen molar-refractivity contribution >= 4 is 21.9 Å². The van der Waals surface area contributed by atoms with Crippen LogP contribution < -0.4 is 4.74 Å². The van der Waals surface area contributed by atoms with Gasteiger partial charge in [-0.15, -0.1) is 0 Å². The van der Waals surface area contributed by atoms with Crippen LogP contribution in [0.25, 0.3) is 0 Å². The molecule has 0 bridgehead atoms. The van der Waals surface area contributed by atoms with E-state index in [1.54, 1.807) is 19.2 Å². The Kier molecular flexibility index (Phi) is 4.22. The average molecular weight is 321 g/mol. The normalized spacial score (nSPS) is 11.9. The first kappa shape index (κ1) is 13.6. The predicted molar refractivity (Wildman–Crippen MR) is 77.2 cm³/mol. The van der Waals surface area contributed by atoms with Gasteiger partial charge in [0.2, 0.25) is 0 Å². The summed E-state index contributed by atoms with van der Waals surface area (Å²) in [7, 11) is 1.61. The predicted octanol–water partition coefficient (Wildman–Crippen LogP) is 3.88. The lowest BCUT2D eigenvalue weighted by Gasteiger charge is -2.13. The van der Waals surface area contributed by atoms with Crippen LogP contribution in [0, 0.1) is 0 Å². The number of carbonyl (C=O) groups is 1. The molecule has 0 saturated heterocycles. The zero-order valence-corrected chi connectivity index (χ0v) is 11.9. The Morgan fingerprint density at radius 1 is 1.16 bits per heavy atom. The number of benzene rings is 2. The molecule has 1 atom stereocenters. The molecule has 19 heavy (non-hydrogen) atoms. The van der Waals surface area contributed by atoms with Crippen LogP contribution >= 0.6 is 15.9 Å². The molecule has 0 aliphatic carbocycles. The number of methoxy groups -OCH3 is 1. The van der Waals surface area contributed by atoms with Crippen LogP contribution in [-0.4, -0.2) is 18.2 Å². The van der Waals surface area contributed by atoms with E-state index in [2.05, 4.69) is 15.9 Å². The number of carboxylic acids is 1. The van der Waals surface area contributed by atoms with Gasteiger partial charge in [-0.25, -0.2) is 4.79 Å². The molecular weight excluding hydrogens is 308 g/mol. The Hall–Kier alpha value is -1.81. The molecule has 1 N–H and O–H groups in total. The molecule has 0 fully saturated rings. The molecule has 98 valence electrons. The minimum absolute atomic E-state index is 0.161. The highest BCUT2D eigenvalue weighted by Crippen LogP contribution is 2.33. The second kappa shape index (κ2) is 5.89. The fraction of sp³-hybridized carbons (Fsp3) is 0.133. The lowest BCUT2D eigenvalue weighted by atomic mass is 9.99. The number of halogens is 1. The molecule has 0 aromatic heterocycles. The van der Waals surface area contributed by atoms with Crippen molar-refractivity contribution in [1.29, 1.82) is 0 Å². The number of rotatable bonds is 4. The third-order valence-corrected chi connectivity index (χ3v) is 3.89. The summed E-state index contributed by atoms with van der Waals surface area (Å²) in [4.78, 5) is 11.1. The molecule has 0 spiro atoms. The highest BCUT2D eigenvalue weighted by atomic mass is 79.9. The molecule has 0 aliphatic heterocycles. The van der Waals surface area contributed by atoms with Gasteiger partial charge in [0.05, 0.1) is 17.5 Å². The lowest BCUT2D eigenvalue weighted by molar-refractivity contribution is 0.0696. The van der Waals surface area contributed by atoms with E-state index < -0.39 is 5.97 Å².